The van der Waals surface area contributed by atoms with E-state index in [2.05, 4.69) is 10.3 Å². The molecule has 0 spiro atoms. The second kappa shape index (κ2) is 9.15. The third-order valence-electron chi connectivity index (χ3n) is 4.65. The molecule has 1 atom stereocenters. The zero-order valence-electron chi connectivity index (χ0n) is 15.8. The number of amides is 1. The van der Waals surface area contributed by atoms with Crippen LogP contribution in [0, 0.1) is 5.82 Å². The van der Waals surface area contributed by atoms with Gasteiger partial charge in [0.1, 0.15) is 28.9 Å². The zero-order valence-corrected chi connectivity index (χ0v) is 16.6. The summed E-state index contributed by atoms with van der Waals surface area (Å²) in [6.07, 6.45) is 2.14. The average molecular weight is 412 g/mol. The maximum atomic E-state index is 13.2. The molecule has 1 aliphatic heterocycles. The van der Waals surface area contributed by atoms with Crippen LogP contribution in [0.25, 0.3) is 10.6 Å². The SMILES string of the molecule is O=C(NCC1CCCO1)c1csc(-c2ccc(OCc3cccc(F)c3)cc2)n1. The number of aromatic nitrogens is 1. The molecule has 0 aliphatic carbocycles. The van der Waals surface area contributed by atoms with Crippen molar-refractivity contribution in [1.29, 1.82) is 0 Å². The van der Waals surface area contributed by atoms with Gasteiger partial charge in [0.15, 0.2) is 0 Å². The highest BCUT2D eigenvalue weighted by Gasteiger charge is 2.18. The third kappa shape index (κ3) is 5.19. The second-order valence-electron chi connectivity index (χ2n) is 6.83. The van der Waals surface area contributed by atoms with E-state index in [1.807, 2.05) is 30.3 Å². The Morgan fingerprint density at radius 2 is 2.14 bits per heavy atom. The summed E-state index contributed by atoms with van der Waals surface area (Å²) in [6.45, 7) is 1.58. The standard InChI is InChI=1S/C22H21FN2O3S/c23-17-4-1-3-15(11-17)13-28-18-8-6-16(7-9-18)22-25-20(14-29-22)21(26)24-12-19-5-2-10-27-19/h1,3-4,6-9,11,14,19H,2,5,10,12-13H2,(H,24,26). The van der Waals surface area contributed by atoms with Gasteiger partial charge in [-0.3, -0.25) is 4.79 Å². The lowest BCUT2D eigenvalue weighted by atomic mass is 10.2. The highest BCUT2D eigenvalue weighted by Crippen LogP contribution is 2.26. The molecule has 1 N–H and O–H groups in total. The Balaban J connectivity index is 1.33. The largest absolute Gasteiger partial charge is 0.489 e. The van der Waals surface area contributed by atoms with Crippen LogP contribution in [-0.4, -0.2) is 30.1 Å². The molecule has 1 aliphatic rings. The number of nitrogens with one attached hydrogen (secondary N) is 1. The topological polar surface area (TPSA) is 60.5 Å². The summed E-state index contributed by atoms with van der Waals surface area (Å²) in [7, 11) is 0. The predicted molar refractivity (Wildman–Crippen MR) is 110 cm³/mol. The van der Waals surface area contributed by atoms with Gasteiger partial charge in [-0.15, -0.1) is 11.3 Å². The molecule has 7 heteroatoms. The molecule has 3 aromatic rings. The normalized spacial score (nSPS) is 16.0. The van der Waals surface area contributed by atoms with Crippen LogP contribution in [0.4, 0.5) is 4.39 Å². The molecule has 1 aromatic heterocycles. The van der Waals surface area contributed by atoms with Gasteiger partial charge in [-0.2, -0.15) is 0 Å². The molecule has 29 heavy (non-hydrogen) atoms. The van der Waals surface area contributed by atoms with Crippen LogP contribution in [-0.2, 0) is 11.3 Å². The second-order valence-corrected chi connectivity index (χ2v) is 7.68. The Morgan fingerprint density at radius 1 is 1.28 bits per heavy atom. The number of carbonyl (C=O) groups excluding carboxylic acids is 1. The summed E-state index contributed by atoms with van der Waals surface area (Å²) < 4.78 is 24.4. The van der Waals surface area contributed by atoms with Crippen LogP contribution < -0.4 is 10.1 Å². The fraction of sp³-hybridized carbons (Fsp3) is 0.273. The quantitative estimate of drug-likeness (QED) is 0.623. The number of rotatable bonds is 7. The van der Waals surface area contributed by atoms with Gasteiger partial charge in [0, 0.05) is 24.1 Å². The van der Waals surface area contributed by atoms with Crippen LogP contribution in [0.3, 0.4) is 0 Å². The van der Waals surface area contributed by atoms with Crippen molar-refractivity contribution in [1.82, 2.24) is 10.3 Å². The van der Waals surface area contributed by atoms with Crippen molar-refractivity contribution in [2.24, 2.45) is 0 Å². The number of halogens is 1. The van der Waals surface area contributed by atoms with Gasteiger partial charge in [0.2, 0.25) is 0 Å². The number of ether oxygens (including phenoxy) is 2. The van der Waals surface area contributed by atoms with Crippen molar-refractivity contribution < 1.29 is 18.7 Å². The van der Waals surface area contributed by atoms with Crippen LogP contribution >= 0.6 is 11.3 Å². The van der Waals surface area contributed by atoms with E-state index in [1.165, 1.54) is 23.5 Å². The van der Waals surface area contributed by atoms with Crippen LogP contribution in [0.15, 0.2) is 53.9 Å². The van der Waals surface area contributed by atoms with Crippen molar-refractivity contribution >= 4 is 17.2 Å². The fourth-order valence-corrected chi connectivity index (χ4v) is 3.91. The number of nitrogens with zero attached hydrogens (tertiary/aromatic N) is 1. The first-order valence-electron chi connectivity index (χ1n) is 9.50. The smallest absolute Gasteiger partial charge is 0.270 e. The Bertz CT molecular complexity index is 968. The summed E-state index contributed by atoms with van der Waals surface area (Å²) in [5, 5.41) is 5.41. The van der Waals surface area contributed by atoms with Gasteiger partial charge in [0.05, 0.1) is 6.10 Å². The molecule has 1 fully saturated rings. The average Bonchev–Trinajstić information content (AvgIpc) is 3.43. The van der Waals surface area contributed by atoms with Crippen molar-refractivity contribution in [3.63, 3.8) is 0 Å². The number of benzene rings is 2. The third-order valence-corrected chi connectivity index (χ3v) is 5.54. The van der Waals surface area contributed by atoms with E-state index in [-0.39, 0.29) is 17.8 Å². The molecule has 1 unspecified atom stereocenters. The minimum atomic E-state index is -0.277. The lowest BCUT2D eigenvalue weighted by Crippen LogP contribution is -2.31. The zero-order chi connectivity index (χ0) is 20.1. The molecule has 1 saturated heterocycles. The van der Waals surface area contributed by atoms with Crippen molar-refractivity contribution in [2.75, 3.05) is 13.2 Å². The van der Waals surface area contributed by atoms with Gasteiger partial charge < -0.3 is 14.8 Å². The summed E-state index contributed by atoms with van der Waals surface area (Å²) in [5.74, 6) is 0.225. The van der Waals surface area contributed by atoms with Crippen LogP contribution in [0.5, 0.6) is 5.75 Å². The molecule has 1 amide bonds. The van der Waals surface area contributed by atoms with Crippen molar-refractivity contribution in [2.45, 2.75) is 25.6 Å². The van der Waals surface area contributed by atoms with Crippen molar-refractivity contribution in [3.8, 4) is 16.3 Å². The van der Waals surface area contributed by atoms with E-state index < -0.39 is 0 Å². The first-order valence-corrected chi connectivity index (χ1v) is 10.4. The van der Waals surface area contributed by atoms with E-state index in [0.717, 1.165) is 35.6 Å². The number of thiazole rings is 1. The van der Waals surface area contributed by atoms with Gasteiger partial charge in [-0.25, -0.2) is 9.37 Å². The molecule has 0 saturated carbocycles. The summed E-state index contributed by atoms with van der Waals surface area (Å²) in [4.78, 5) is 16.7. The van der Waals surface area contributed by atoms with E-state index in [1.54, 1.807) is 11.4 Å². The van der Waals surface area contributed by atoms with Gasteiger partial charge >= 0.3 is 0 Å². The van der Waals surface area contributed by atoms with Crippen LogP contribution in [0.2, 0.25) is 0 Å². The minimum Gasteiger partial charge on any atom is -0.489 e. The molecule has 5 nitrogen and oxygen atoms in total. The van der Waals surface area contributed by atoms with Crippen LogP contribution in [0.1, 0.15) is 28.9 Å². The summed E-state index contributed by atoms with van der Waals surface area (Å²) in [5.41, 5.74) is 2.09. The molecule has 150 valence electrons. The van der Waals surface area contributed by atoms with Gasteiger partial charge in [0.25, 0.3) is 5.91 Å². The lowest BCUT2D eigenvalue weighted by Gasteiger charge is -2.09. The minimum absolute atomic E-state index is 0.108. The molecule has 2 aromatic carbocycles. The molecule has 0 bridgehead atoms. The molecule has 4 rings (SSSR count). The highest BCUT2D eigenvalue weighted by atomic mass is 32.1. The van der Waals surface area contributed by atoms with E-state index in [0.29, 0.717) is 24.6 Å². The Hall–Kier alpha value is -2.77. The van der Waals surface area contributed by atoms with E-state index in [4.69, 9.17) is 9.47 Å². The maximum Gasteiger partial charge on any atom is 0.270 e. The molecule has 2 heterocycles. The first-order chi connectivity index (χ1) is 14.2. The summed E-state index contributed by atoms with van der Waals surface area (Å²) >= 11 is 1.42. The molecular weight excluding hydrogens is 391 g/mol. The predicted octanol–water partition coefficient (Wildman–Crippen LogP) is 4.44. The lowest BCUT2D eigenvalue weighted by molar-refractivity contribution is 0.0854. The maximum absolute atomic E-state index is 13.2. The molecule has 0 radical (unpaired) electrons. The Kier molecular flexibility index (Phi) is 6.17. The molecular formula is C22H21FN2O3S. The summed E-state index contributed by atoms with van der Waals surface area (Å²) in [6, 6.07) is 13.8. The van der Waals surface area contributed by atoms with E-state index in [9.17, 15) is 9.18 Å². The highest BCUT2D eigenvalue weighted by molar-refractivity contribution is 7.13. The van der Waals surface area contributed by atoms with Gasteiger partial charge in [-0.05, 0) is 54.8 Å². The van der Waals surface area contributed by atoms with E-state index >= 15 is 0 Å². The Morgan fingerprint density at radius 3 is 2.90 bits per heavy atom. The monoisotopic (exact) mass is 412 g/mol. The number of carbonyl (C=O) groups is 1. The number of hydrogen-bond donors (Lipinski definition) is 1. The van der Waals surface area contributed by atoms with Gasteiger partial charge in [-0.1, -0.05) is 12.1 Å². The fourth-order valence-electron chi connectivity index (χ4n) is 3.10. The van der Waals surface area contributed by atoms with Crippen molar-refractivity contribution in [3.05, 3.63) is 71.0 Å². The Labute approximate surface area is 172 Å². The first kappa shape index (κ1) is 19.5. The number of hydrogen-bond acceptors (Lipinski definition) is 5.